The van der Waals surface area contributed by atoms with Crippen LogP contribution in [0.2, 0.25) is 0 Å². The zero-order valence-corrected chi connectivity index (χ0v) is 15.6. The maximum absolute atomic E-state index is 13.3. The molecule has 4 rings (SSSR count). The van der Waals surface area contributed by atoms with Gasteiger partial charge in [0, 0.05) is 18.5 Å². The Hall–Kier alpha value is -3.40. The lowest BCUT2D eigenvalue weighted by Crippen LogP contribution is -2.38. The molecule has 0 aliphatic carbocycles. The van der Waals surface area contributed by atoms with Gasteiger partial charge in [0.2, 0.25) is 0 Å². The Morgan fingerprint density at radius 3 is 2.64 bits per heavy atom. The average Bonchev–Trinajstić information content (AvgIpc) is 3.22. The molecule has 0 radical (unpaired) electrons. The van der Waals surface area contributed by atoms with Gasteiger partial charge in [-0.05, 0) is 22.4 Å². The summed E-state index contributed by atoms with van der Waals surface area (Å²) >= 11 is 0. The molecule has 1 atom stereocenters. The third-order valence-corrected chi connectivity index (χ3v) is 4.92. The zero-order chi connectivity index (χ0) is 19.3. The lowest BCUT2D eigenvalue weighted by molar-refractivity contribution is 0.0451. The molecule has 0 fully saturated rings. The molecule has 0 saturated carbocycles. The van der Waals surface area contributed by atoms with Crippen molar-refractivity contribution in [3.63, 3.8) is 0 Å². The number of fused-ring (bicyclic) bond motifs is 1. The highest BCUT2D eigenvalue weighted by molar-refractivity contribution is 6.07. The van der Waals surface area contributed by atoms with Crippen LogP contribution in [-0.2, 0) is 4.84 Å². The summed E-state index contributed by atoms with van der Waals surface area (Å²) in [5, 5.41) is 6.25. The van der Waals surface area contributed by atoms with Crippen LogP contribution in [0.4, 0.5) is 0 Å². The Balaban J connectivity index is 1.52. The normalized spacial score (nSPS) is 15.7. The molecule has 0 saturated heterocycles. The van der Waals surface area contributed by atoms with Crippen molar-refractivity contribution in [2.75, 3.05) is 13.1 Å². The second-order valence-electron chi connectivity index (χ2n) is 6.86. The molecule has 1 amide bonds. The zero-order valence-electron chi connectivity index (χ0n) is 15.6. The van der Waals surface area contributed by atoms with Gasteiger partial charge in [0.1, 0.15) is 0 Å². The van der Waals surface area contributed by atoms with Gasteiger partial charge in [-0.25, -0.2) is 0 Å². The monoisotopic (exact) mass is 370 g/mol. The van der Waals surface area contributed by atoms with Gasteiger partial charge in [0.15, 0.2) is 6.10 Å². The summed E-state index contributed by atoms with van der Waals surface area (Å²) in [6.07, 6.45) is 2.27. The van der Waals surface area contributed by atoms with Gasteiger partial charge in [0.25, 0.3) is 5.91 Å². The van der Waals surface area contributed by atoms with Gasteiger partial charge in [-0.15, -0.1) is 6.58 Å². The molecule has 1 unspecified atom stereocenters. The Bertz CT molecular complexity index is 1020. The number of hydrogen-bond donors (Lipinski definition) is 0. The number of nitrogens with zero attached hydrogens (tertiary/aromatic N) is 2. The van der Waals surface area contributed by atoms with Crippen LogP contribution >= 0.6 is 0 Å². The first kappa shape index (κ1) is 18.0. The second-order valence-corrected chi connectivity index (χ2v) is 6.86. The van der Waals surface area contributed by atoms with Crippen molar-refractivity contribution in [3.8, 4) is 0 Å². The number of oxime groups is 1. The van der Waals surface area contributed by atoms with E-state index in [1.54, 1.807) is 11.0 Å². The molecule has 4 heteroatoms. The van der Waals surface area contributed by atoms with Crippen molar-refractivity contribution in [1.29, 1.82) is 0 Å². The minimum Gasteiger partial charge on any atom is -0.390 e. The number of benzene rings is 3. The van der Waals surface area contributed by atoms with Gasteiger partial charge in [-0.1, -0.05) is 78.0 Å². The van der Waals surface area contributed by atoms with Crippen LogP contribution in [0.3, 0.4) is 0 Å². The second kappa shape index (κ2) is 8.09. The van der Waals surface area contributed by atoms with E-state index >= 15 is 0 Å². The summed E-state index contributed by atoms with van der Waals surface area (Å²) in [6, 6.07) is 23.7. The predicted octanol–water partition coefficient (Wildman–Crippen LogP) is 4.66. The molecule has 28 heavy (non-hydrogen) atoms. The molecule has 4 nitrogen and oxygen atoms in total. The van der Waals surface area contributed by atoms with Gasteiger partial charge in [-0.2, -0.15) is 0 Å². The molecular weight excluding hydrogens is 348 g/mol. The van der Waals surface area contributed by atoms with Crippen molar-refractivity contribution < 1.29 is 9.63 Å². The van der Waals surface area contributed by atoms with Crippen LogP contribution < -0.4 is 0 Å². The van der Waals surface area contributed by atoms with E-state index in [-0.39, 0.29) is 12.0 Å². The molecule has 1 aliphatic heterocycles. The molecule has 140 valence electrons. The molecule has 0 aromatic heterocycles. The fourth-order valence-corrected chi connectivity index (χ4v) is 3.55. The molecule has 1 aliphatic rings. The third kappa shape index (κ3) is 3.67. The van der Waals surface area contributed by atoms with Gasteiger partial charge in [-0.3, -0.25) is 4.79 Å². The van der Waals surface area contributed by atoms with E-state index < -0.39 is 0 Å². The highest BCUT2D eigenvalue weighted by Crippen LogP contribution is 2.22. The average molecular weight is 370 g/mol. The molecule has 0 N–H and O–H groups in total. The van der Waals surface area contributed by atoms with Crippen molar-refractivity contribution in [2.45, 2.75) is 12.5 Å². The quantitative estimate of drug-likeness (QED) is 0.592. The summed E-state index contributed by atoms with van der Waals surface area (Å²) in [6.45, 7) is 4.74. The van der Waals surface area contributed by atoms with Gasteiger partial charge in [0.05, 0.1) is 12.3 Å². The van der Waals surface area contributed by atoms with E-state index in [1.165, 1.54) is 0 Å². The number of amides is 1. The lowest BCUT2D eigenvalue weighted by atomic mass is 10.0. The number of rotatable bonds is 6. The summed E-state index contributed by atoms with van der Waals surface area (Å²) in [5.74, 6) is -0.0199. The first-order valence-corrected chi connectivity index (χ1v) is 9.42. The molecule has 0 spiro atoms. The SMILES string of the molecule is C=CCN(CC1CC(c2ccccc2)=NO1)C(=O)c1cccc2ccccc12. The smallest absolute Gasteiger partial charge is 0.254 e. The van der Waals surface area contributed by atoms with E-state index in [9.17, 15) is 4.79 Å². The minimum absolute atomic E-state index is 0.0199. The summed E-state index contributed by atoms with van der Waals surface area (Å²) < 4.78 is 0. The molecule has 1 heterocycles. The lowest BCUT2D eigenvalue weighted by Gasteiger charge is -2.24. The van der Waals surface area contributed by atoms with Crippen LogP contribution in [0.15, 0.2) is 90.6 Å². The highest BCUT2D eigenvalue weighted by Gasteiger charge is 2.27. The van der Waals surface area contributed by atoms with Crippen molar-refractivity contribution >= 4 is 22.4 Å². The third-order valence-electron chi connectivity index (χ3n) is 4.92. The summed E-state index contributed by atoms with van der Waals surface area (Å²) in [5.41, 5.74) is 2.67. The highest BCUT2D eigenvalue weighted by atomic mass is 16.6. The Morgan fingerprint density at radius 2 is 1.82 bits per heavy atom. The largest absolute Gasteiger partial charge is 0.390 e. The van der Waals surface area contributed by atoms with E-state index in [1.807, 2.05) is 72.8 Å². The van der Waals surface area contributed by atoms with Crippen LogP contribution in [0, 0.1) is 0 Å². The van der Waals surface area contributed by atoms with E-state index in [0.717, 1.165) is 22.0 Å². The Morgan fingerprint density at radius 1 is 1.07 bits per heavy atom. The minimum atomic E-state index is -0.158. The van der Waals surface area contributed by atoms with Crippen LogP contribution in [0.25, 0.3) is 10.8 Å². The fourth-order valence-electron chi connectivity index (χ4n) is 3.55. The van der Waals surface area contributed by atoms with E-state index in [0.29, 0.717) is 25.1 Å². The molecule has 0 bridgehead atoms. The van der Waals surface area contributed by atoms with Crippen molar-refractivity contribution in [2.24, 2.45) is 5.16 Å². The van der Waals surface area contributed by atoms with Gasteiger partial charge < -0.3 is 9.74 Å². The maximum Gasteiger partial charge on any atom is 0.254 e. The van der Waals surface area contributed by atoms with Gasteiger partial charge >= 0.3 is 0 Å². The van der Waals surface area contributed by atoms with Crippen molar-refractivity contribution in [1.82, 2.24) is 4.90 Å². The standard InChI is InChI=1S/C24H22N2O2/c1-2-15-26(17-20-16-23(25-28-20)19-10-4-3-5-11-19)24(27)22-14-8-12-18-9-6-7-13-21(18)22/h2-14,20H,1,15-17H2. The molecular formula is C24H22N2O2. The van der Waals surface area contributed by atoms with Crippen LogP contribution in [-0.4, -0.2) is 35.7 Å². The first-order valence-electron chi connectivity index (χ1n) is 9.42. The number of carbonyl (C=O) groups excluding carboxylic acids is 1. The Kier molecular flexibility index (Phi) is 5.20. The van der Waals surface area contributed by atoms with Crippen molar-refractivity contribution in [3.05, 3.63) is 96.6 Å². The maximum atomic E-state index is 13.3. The van der Waals surface area contributed by atoms with E-state index in [4.69, 9.17) is 4.84 Å². The fraction of sp³-hybridized carbons (Fsp3) is 0.167. The predicted molar refractivity (Wildman–Crippen MR) is 113 cm³/mol. The number of carbonyl (C=O) groups is 1. The molecule has 3 aromatic rings. The van der Waals surface area contributed by atoms with E-state index in [2.05, 4.69) is 11.7 Å². The van der Waals surface area contributed by atoms with Crippen LogP contribution in [0.1, 0.15) is 22.3 Å². The molecule has 3 aromatic carbocycles. The van der Waals surface area contributed by atoms with Crippen LogP contribution in [0.5, 0.6) is 0 Å². The number of hydrogen-bond acceptors (Lipinski definition) is 3. The topological polar surface area (TPSA) is 41.9 Å². The Labute approximate surface area is 164 Å². The summed E-state index contributed by atoms with van der Waals surface area (Å²) in [4.78, 5) is 20.7. The first-order chi connectivity index (χ1) is 13.8. The summed E-state index contributed by atoms with van der Waals surface area (Å²) in [7, 11) is 0.